The van der Waals surface area contributed by atoms with E-state index in [1.165, 1.54) is 9.21 Å². The van der Waals surface area contributed by atoms with Gasteiger partial charge in [-0.3, -0.25) is 14.6 Å². The van der Waals surface area contributed by atoms with E-state index in [1.807, 2.05) is 42.5 Å². The lowest BCUT2D eigenvalue weighted by Gasteiger charge is -2.38. The smallest absolute Gasteiger partial charge is 0.243 e. The quantitative estimate of drug-likeness (QED) is 0.185. The number of piperazine rings is 1. The number of hydrogen-bond donors (Lipinski definition) is 0. The molecular weight excluding hydrogens is 677 g/mol. The molecule has 47 heavy (non-hydrogen) atoms. The molecule has 7 nitrogen and oxygen atoms in total. The van der Waals surface area contributed by atoms with Gasteiger partial charge in [0.15, 0.2) is 0 Å². The van der Waals surface area contributed by atoms with Gasteiger partial charge in [-0.2, -0.15) is 4.31 Å². The SMILES string of the molecule is COc1ccc(CC2Cc3c(-c4ccccc4Cl)cc(S(=O)(=O)N4CCN(C(C)C)CC4)cc3N(c3c(Cl)cccc3Cl)C2=O)cc1. The number of rotatable bonds is 8. The maximum atomic E-state index is 14.6. The molecule has 1 fully saturated rings. The molecule has 0 aromatic heterocycles. The van der Waals surface area contributed by atoms with E-state index in [0.29, 0.717) is 72.6 Å². The van der Waals surface area contributed by atoms with Gasteiger partial charge in [-0.25, -0.2) is 8.42 Å². The Hall–Kier alpha value is -3.11. The third-order valence-electron chi connectivity index (χ3n) is 9.07. The Kier molecular flexibility index (Phi) is 9.91. The summed E-state index contributed by atoms with van der Waals surface area (Å²) in [6.45, 7) is 6.20. The number of hydrogen-bond acceptors (Lipinski definition) is 5. The fourth-order valence-electron chi connectivity index (χ4n) is 6.50. The van der Waals surface area contributed by atoms with Gasteiger partial charge in [0, 0.05) is 48.7 Å². The third-order valence-corrected chi connectivity index (χ3v) is 11.9. The van der Waals surface area contributed by atoms with Crippen molar-refractivity contribution in [1.29, 1.82) is 0 Å². The van der Waals surface area contributed by atoms with Crippen molar-refractivity contribution >= 4 is 62.1 Å². The van der Waals surface area contributed by atoms with E-state index >= 15 is 0 Å². The maximum absolute atomic E-state index is 14.6. The molecule has 1 amide bonds. The highest BCUT2D eigenvalue weighted by atomic mass is 35.5. The molecule has 0 N–H and O–H groups in total. The van der Waals surface area contributed by atoms with Gasteiger partial charge in [-0.1, -0.05) is 71.2 Å². The highest BCUT2D eigenvalue weighted by Crippen LogP contribution is 2.48. The minimum Gasteiger partial charge on any atom is -0.497 e. The second kappa shape index (κ2) is 13.8. The zero-order valence-electron chi connectivity index (χ0n) is 26.4. The van der Waals surface area contributed by atoms with E-state index in [2.05, 4.69) is 18.7 Å². The summed E-state index contributed by atoms with van der Waals surface area (Å²) < 4.78 is 35.5. The number of carbonyl (C=O) groups is 1. The highest BCUT2D eigenvalue weighted by Gasteiger charge is 2.39. The number of methoxy groups -OCH3 is 1. The van der Waals surface area contributed by atoms with Gasteiger partial charge in [-0.15, -0.1) is 0 Å². The van der Waals surface area contributed by atoms with Crippen molar-refractivity contribution in [3.05, 3.63) is 105 Å². The van der Waals surface area contributed by atoms with Gasteiger partial charge in [0.05, 0.1) is 33.4 Å². The van der Waals surface area contributed by atoms with Gasteiger partial charge < -0.3 is 4.74 Å². The number of para-hydroxylation sites is 1. The number of ether oxygens (including phenoxy) is 1. The van der Waals surface area contributed by atoms with Crippen LogP contribution in [-0.4, -0.2) is 62.9 Å². The van der Waals surface area contributed by atoms with Crippen molar-refractivity contribution in [3.63, 3.8) is 0 Å². The van der Waals surface area contributed by atoms with Crippen LogP contribution in [0.3, 0.4) is 0 Å². The molecular formula is C36H36Cl3N3O4S. The first kappa shape index (κ1) is 33.8. The van der Waals surface area contributed by atoms with E-state index in [1.54, 1.807) is 43.5 Å². The highest BCUT2D eigenvalue weighted by molar-refractivity contribution is 7.89. The lowest BCUT2D eigenvalue weighted by Crippen LogP contribution is -2.50. The molecule has 0 bridgehead atoms. The maximum Gasteiger partial charge on any atom is 0.243 e. The van der Waals surface area contributed by atoms with Crippen LogP contribution in [0.2, 0.25) is 15.1 Å². The summed E-state index contributed by atoms with van der Waals surface area (Å²) in [5.41, 5.74) is 3.80. The molecule has 2 aliphatic heterocycles. The topological polar surface area (TPSA) is 70.2 Å². The number of nitrogens with zero attached hydrogens (tertiary/aromatic N) is 3. The Morgan fingerprint density at radius 2 is 1.47 bits per heavy atom. The van der Waals surface area contributed by atoms with Crippen molar-refractivity contribution in [2.24, 2.45) is 5.92 Å². The second-order valence-corrected chi connectivity index (χ2v) is 15.3. The van der Waals surface area contributed by atoms with Crippen LogP contribution in [0.25, 0.3) is 11.1 Å². The van der Waals surface area contributed by atoms with E-state index in [9.17, 15) is 13.2 Å². The molecule has 2 heterocycles. The fraction of sp³-hybridized carbons (Fsp3) is 0.306. The summed E-state index contributed by atoms with van der Waals surface area (Å²) in [7, 11) is -2.34. The van der Waals surface area contributed by atoms with Crippen LogP contribution in [0.5, 0.6) is 5.75 Å². The number of carbonyl (C=O) groups excluding carboxylic acids is 1. The first-order chi connectivity index (χ1) is 22.5. The standard InChI is InChI=1S/C36H36Cl3N3O4S/c1-23(2)40-15-17-41(18-16-40)47(44,45)27-21-29(28-7-4-5-8-31(28)37)30-20-25(19-24-11-13-26(46-3)14-12-24)36(43)42(34(30)22-27)35-32(38)9-6-10-33(35)39/h4-14,21-23,25H,15-20H2,1-3H3. The van der Waals surface area contributed by atoms with Crippen molar-refractivity contribution < 1.29 is 17.9 Å². The van der Waals surface area contributed by atoms with Crippen molar-refractivity contribution in [2.45, 2.75) is 37.6 Å². The number of anilines is 2. The van der Waals surface area contributed by atoms with Crippen LogP contribution in [-0.2, 0) is 27.7 Å². The Balaban J connectivity index is 1.55. The van der Waals surface area contributed by atoms with Crippen LogP contribution in [0.4, 0.5) is 11.4 Å². The van der Waals surface area contributed by atoms with Crippen LogP contribution < -0.4 is 9.64 Å². The Morgan fingerprint density at radius 1 is 0.830 bits per heavy atom. The van der Waals surface area contributed by atoms with E-state index < -0.39 is 15.9 Å². The first-order valence-corrected chi connectivity index (χ1v) is 18.1. The van der Waals surface area contributed by atoms with Gasteiger partial charge in [0.2, 0.25) is 15.9 Å². The third kappa shape index (κ3) is 6.64. The molecule has 4 aromatic rings. The number of benzene rings is 4. The molecule has 4 aromatic carbocycles. The predicted octanol–water partition coefficient (Wildman–Crippen LogP) is 8.12. The molecule has 1 saturated heterocycles. The molecule has 0 aliphatic carbocycles. The van der Waals surface area contributed by atoms with Gasteiger partial charge in [0.25, 0.3) is 0 Å². The largest absolute Gasteiger partial charge is 0.497 e. The number of amides is 1. The zero-order valence-corrected chi connectivity index (χ0v) is 29.5. The van der Waals surface area contributed by atoms with Crippen LogP contribution in [0.15, 0.2) is 83.8 Å². The number of sulfonamides is 1. The molecule has 1 atom stereocenters. The molecule has 1 unspecified atom stereocenters. The Morgan fingerprint density at radius 3 is 2.09 bits per heavy atom. The molecule has 0 saturated carbocycles. The number of halogens is 3. The van der Waals surface area contributed by atoms with Gasteiger partial charge in [-0.05, 0) is 85.8 Å². The van der Waals surface area contributed by atoms with Crippen molar-refractivity contribution in [3.8, 4) is 16.9 Å². The molecule has 0 spiro atoms. The van der Waals surface area contributed by atoms with Gasteiger partial charge >= 0.3 is 0 Å². The van der Waals surface area contributed by atoms with Crippen LogP contribution in [0.1, 0.15) is 25.0 Å². The summed E-state index contributed by atoms with van der Waals surface area (Å²) in [4.78, 5) is 18.4. The molecule has 2 aliphatic rings. The van der Waals surface area contributed by atoms with Crippen molar-refractivity contribution in [1.82, 2.24) is 9.21 Å². The monoisotopic (exact) mass is 711 g/mol. The summed E-state index contributed by atoms with van der Waals surface area (Å²) in [6, 6.07) is 23.7. The van der Waals surface area contributed by atoms with Crippen LogP contribution >= 0.6 is 34.8 Å². The summed E-state index contributed by atoms with van der Waals surface area (Å²) in [5, 5.41) is 1.03. The normalized spacial score (nSPS) is 17.6. The van der Waals surface area contributed by atoms with Gasteiger partial charge in [0.1, 0.15) is 5.75 Å². The van der Waals surface area contributed by atoms with E-state index in [4.69, 9.17) is 39.5 Å². The van der Waals surface area contributed by atoms with Crippen LogP contribution in [0, 0.1) is 5.92 Å². The van der Waals surface area contributed by atoms with E-state index in [0.717, 1.165) is 16.9 Å². The Labute approximate surface area is 291 Å². The molecule has 11 heteroatoms. The minimum absolute atomic E-state index is 0.0822. The Bertz CT molecular complexity index is 1890. The first-order valence-electron chi connectivity index (χ1n) is 15.6. The average Bonchev–Trinajstić information content (AvgIpc) is 3.06. The number of fused-ring (bicyclic) bond motifs is 1. The van der Waals surface area contributed by atoms with E-state index in [-0.39, 0.29) is 20.8 Å². The summed E-state index contributed by atoms with van der Waals surface area (Å²) in [5.74, 6) is -0.0107. The lowest BCUT2D eigenvalue weighted by molar-refractivity contribution is -0.122. The van der Waals surface area contributed by atoms with Crippen molar-refractivity contribution in [2.75, 3.05) is 38.2 Å². The lowest BCUT2D eigenvalue weighted by atomic mass is 9.83. The molecule has 6 rings (SSSR count). The molecule has 0 radical (unpaired) electrons. The fourth-order valence-corrected chi connectivity index (χ4v) is 8.77. The summed E-state index contributed by atoms with van der Waals surface area (Å²) in [6.07, 6.45) is 0.787. The minimum atomic E-state index is -3.95. The zero-order chi connectivity index (χ0) is 33.5. The molecule has 246 valence electrons. The second-order valence-electron chi connectivity index (χ2n) is 12.2. The summed E-state index contributed by atoms with van der Waals surface area (Å²) >= 11 is 20.3. The average molecular weight is 713 g/mol. The predicted molar refractivity (Wildman–Crippen MR) is 190 cm³/mol.